The van der Waals surface area contributed by atoms with E-state index in [0.29, 0.717) is 12.2 Å². The summed E-state index contributed by atoms with van der Waals surface area (Å²) >= 11 is 0. The van der Waals surface area contributed by atoms with Gasteiger partial charge in [-0.3, -0.25) is 0 Å². The lowest BCUT2D eigenvalue weighted by atomic mass is 10.1. The van der Waals surface area contributed by atoms with Crippen LogP contribution < -0.4 is 5.32 Å². The van der Waals surface area contributed by atoms with Gasteiger partial charge in [-0.15, -0.1) is 0 Å². The van der Waals surface area contributed by atoms with Gasteiger partial charge in [-0.2, -0.15) is 0 Å². The Morgan fingerprint density at radius 1 is 1.64 bits per heavy atom. The van der Waals surface area contributed by atoms with Crippen molar-refractivity contribution in [3.05, 3.63) is 36.3 Å². The van der Waals surface area contributed by atoms with Gasteiger partial charge >= 0.3 is 5.97 Å². The maximum absolute atomic E-state index is 11.5. The van der Waals surface area contributed by atoms with Crippen LogP contribution in [0.3, 0.4) is 0 Å². The van der Waals surface area contributed by atoms with E-state index in [9.17, 15) is 4.79 Å². The second-order valence-corrected chi connectivity index (χ2v) is 3.02. The van der Waals surface area contributed by atoms with Crippen LogP contribution in [0.25, 0.3) is 0 Å². The summed E-state index contributed by atoms with van der Waals surface area (Å²) in [4.78, 5) is 13.4. The third-order valence-electron chi connectivity index (χ3n) is 2.14. The van der Waals surface area contributed by atoms with Gasteiger partial charge in [-0.05, 0) is 19.1 Å². The zero-order chi connectivity index (χ0) is 9.97. The van der Waals surface area contributed by atoms with Crippen molar-refractivity contribution in [1.82, 2.24) is 10.2 Å². The number of ether oxygens (including phenoxy) is 1. The molecule has 0 radical (unpaired) electrons. The molecule has 0 spiro atoms. The minimum atomic E-state index is -0.261. The van der Waals surface area contributed by atoms with Crippen molar-refractivity contribution >= 4 is 5.97 Å². The molecule has 14 heavy (non-hydrogen) atoms. The Morgan fingerprint density at radius 3 is 3.29 bits per heavy atom. The van der Waals surface area contributed by atoms with Crippen molar-refractivity contribution in [3.8, 4) is 0 Å². The van der Waals surface area contributed by atoms with Crippen molar-refractivity contribution in [2.24, 2.45) is 0 Å². The van der Waals surface area contributed by atoms with Gasteiger partial charge in [0.05, 0.1) is 12.2 Å². The predicted molar refractivity (Wildman–Crippen MR) is 51.8 cm³/mol. The number of esters is 1. The van der Waals surface area contributed by atoms with Crippen molar-refractivity contribution in [2.45, 2.75) is 13.1 Å². The Hall–Kier alpha value is -1.71. The number of fused-ring (bicyclic) bond motifs is 1. The molecule has 2 aliphatic heterocycles. The van der Waals surface area contributed by atoms with E-state index in [-0.39, 0.29) is 12.1 Å². The normalized spacial score (nSPS) is 22.8. The van der Waals surface area contributed by atoms with Crippen LogP contribution in [0, 0.1) is 0 Å². The van der Waals surface area contributed by atoms with E-state index in [0.717, 1.165) is 0 Å². The van der Waals surface area contributed by atoms with Gasteiger partial charge in [0, 0.05) is 18.6 Å². The molecule has 0 saturated carbocycles. The largest absolute Gasteiger partial charge is 0.463 e. The Labute approximate surface area is 82.5 Å². The lowest BCUT2D eigenvalue weighted by Gasteiger charge is -2.25. The number of nitrogens with one attached hydrogen (secondary N) is 1. The first-order valence-corrected chi connectivity index (χ1v) is 4.58. The average Bonchev–Trinajstić information content (AvgIpc) is 2.65. The highest BCUT2D eigenvalue weighted by atomic mass is 16.5. The van der Waals surface area contributed by atoms with Crippen LogP contribution in [0.2, 0.25) is 0 Å². The lowest BCUT2D eigenvalue weighted by molar-refractivity contribution is -0.139. The maximum Gasteiger partial charge on any atom is 0.338 e. The minimum Gasteiger partial charge on any atom is -0.463 e. The minimum absolute atomic E-state index is 0.0981. The summed E-state index contributed by atoms with van der Waals surface area (Å²) in [7, 11) is 0. The molecule has 2 rings (SSSR count). The van der Waals surface area contributed by atoms with E-state index in [1.54, 1.807) is 13.0 Å². The van der Waals surface area contributed by atoms with E-state index in [4.69, 9.17) is 4.74 Å². The molecule has 0 aromatic carbocycles. The van der Waals surface area contributed by atoms with Crippen molar-refractivity contribution in [1.29, 1.82) is 0 Å². The second kappa shape index (κ2) is 3.57. The number of hydrogen-bond donors (Lipinski definition) is 1. The number of hydrogen-bond acceptors (Lipinski definition) is 4. The zero-order valence-corrected chi connectivity index (χ0v) is 7.93. The van der Waals surface area contributed by atoms with E-state index in [1.165, 1.54) is 0 Å². The fourth-order valence-electron chi connectivity index (χ4n) is 1.51. The van der Waals surface area contributed by atoms with Gasteiger partial charge in [0.1, 0.15) is 6.17 Å². The molecule has 1 N–H and O–H groups in total. The molecule has 4 nitrogen and oxygen atoms in total. The molecule has 2 aliphatic rings. The first kappa shape index (κ1) is 8.87. The molecule has 0 saturated heterocycles. The first-order valence-electron chi connectivity index (χ1n) is 4.58. The molecule has 4 heteroatoms. The third kappa shape index (κ3) is 1.39. The smallest absolute Gasteiger partial charge is 0.338 e. The van der Waals surface area contributed by atoms with Crippen molar-refractivity contribution in [3.63, 3.8) is 0 Å². The molecular weight excluding hydrogens is 180 g/mol. The molecule has 74 valence electrons. The highest BCUT2D eigenvalue weighted by Gasteiger charge is 2.28. The summed E-state index contributed by atoms with van der Waals surface area (Å²) in [5.41, 5.74) is 0.638. The summed E-state index contributed by atoms with van der Waals surface area (Å²) in [6, 6.07) is 0. The van der Waals surface area contributed by atoms with Crippen LogP contribution in [0.15, 0.2) is 36.3 Å². The number of carbonyl (C=O) groups excluding carboxylic acids is 1. The highest BCUT2D eigenvalue weighted by molar-refractivity contribution is 5.90. The summed E-state index contributed by atoms with van der Waals surface area (Å²) in [6.07, 6.45) is 9.11. The van der Waals surface area contributed by atoms with Crippen LogP contribution >= 0.6 is 0 Å². The van der Waals surface area contributed by atoms with E-state index >= 15 is 0 Å². The molecule has 0 bridgehead atoms. The number of allylic oxidation sites excluding steroid dienone is 2. The summed E-state index contributed by atoms with van der Waals surface area (Å²) < 4.78 is 4.95. The maximum atomic E-state index is 11.5. The molecule has 0 amide bonds. The standard InChI is InChI=1S/C10H12N2O2/c1-2-14-10(13)8-4-3-6-12-7-5-11-9(8)12/h3-7,9,11H,2H2,1H3/t9-/m0/s1. The molecule has 2 heterocycles. The Morgan fingerprint density at radius 2 is 2.50 bits per heavy atom. The van der Waals surface area contributed by atoms with Gasteiger partial charge in [0.15, 0.2) is 0 Å². The van der Waals surface area contributed by atoms with Gasteiger partial charge < -0.3 is 15.0 Å². The molecule has 0 aromatic heterocycles. The van der Waals surface area contributed by atoms with E-state index < -0.39 is 0 Å². The van der Waals surface area contributed by atoms with Gasteiger partial charge in [-0.25, -0.2) is 4.79 Å². The molecule has 1 atom stereocenters. The van der Waals surface area contributed by atoms with Crippen LogP contribution in [0.1, 0.15) is 6.92 Å². The Bertz CT molecular complexity index is 331. The van der Waals surface area contributed by atoms with Gasteiger partial charge in [0.2, 0.25) is 0 Å². The molecular formula is C10H12N2O2. The van der Waals surface area contributed by atoms with Crippen LogP contribution in [0.5, 0.6) is 0 Å². The van der Waals surface area contributed by atoms with Crippen LogP contribution in [0.4, 0.5) is 0 Å². The SMILES string of the molecule is CCOC(=O)C1=CC=CN2C=CN[C@H]12. The first-order chi connectivity index (χ1) is 6.83. The fraction of sp³-hybridized carbons (Fsp3) is 0.300. The summed E-state index contributed by atoms with van der Waals surface area (Å²) in [6.45, 7) is 2.20. The molecule has 0 fully saturated rings. The number of carbonyl (C=O) groups is 1. The summed E-state index contributed by atoms with van der Waals surface area (Å²) in [5.74, 6) is -0.261. The summed E-state index contributed by atoms with van der Waals surface area (Å²) in [5, 5.41) is 3.07. The topological polar surface area (TPSA) is 41.6 Å². The quantitative estimate of drug-likeness (QED) is 0.654. The number of rotatable bonds is 2. The number of nitrogens with zero attached hydrogens (tertiary/aromatic N) is 1. The molecule has 0 aromatic rings. The van der Waals surface area contributed by atoms with E-state index in [1.807, 2.05) is 29.6 Å². The molecule has 0 aliphatic carbocycles. The molecule has 0 unspecified atom stereocenters. The van der Waals surface area contributed by atoms with Crippen LogP contribution in [-0.2, 0) is 9.53 Å². The second-order valence-electron chi connectivity index (χ2n) is 3.02. The zero-order valence-electron chi connectivity index (χ0n) is 7.93. The third-order valence-corrected chi connectivity index (χ3v) is 2.14. The highest BCUT2D eigenvalue weighted by Crippen LogP contribution is 2.19. The average molecular weight is 192 g/mol. The monoisotopic (exact) mass is 192 g/mol. The Balaban J connectivity index is 2.15. The van der Waals surface area contributed by atoms with Gasteiger partial charge in [-0.1, -0.05) is 0 Å². The van der Waals surface area contributed by atoms with Gasteiger partial charge in [0.25, 0.3) is 0 Å². The Kier molecular flexibility index (Phi) is 2.26. The van der Waals surface area contributed by atoms with Crippen LogP contribution in [-0.4, -0.2) is 23.6 Å². The van der Waals surface area contributed by atoms with Crippen molar-refractivity contribution < 1.29 is 9.53 Å². The van der Waals surface area contributed by atoms with Crippen molar-refractivity contribution in [2.75, 3.05) is 6.61 Å². The lowest BCUT2D eigenvalue weighted by Crippen LogP contribution is -2.38. The fourth-order valence-corrected chi connectivity index (χ4v) is 1.51. The van der Waals surface area contributed by atoms with E-state index in [2.05, 4.69) is 5.32 Å². The predicted octanol–water partition coefficient (Wildman–Crippen LogP) is 0.706.